The number of hydrogen-bond donors (Lipinski definition) is 2. The molecule has 0 saturated carbocycles. The zero-order valence-corrected chi connectivity index (χ0v) is 9.16. The highest BCUT2D eigenvalue weighted by molar-refractivity contribution is 5.97. The second-order valence-electron chi connectivity index (χ2n) is 3.71. The number of carbonyl (C=O) groups excluding carboxylic acids is 1. The molecule has 2 N–H and O–H groups in total. The molecule has 3 heteroatoms. The van der Waals surface area contributed by atoms with Gasteiger partial charge in [-0.3, -0.25) is 4.79 Å². The molecule has 15 heavy (non-hydrogen) atoms. The van der Waals surface area contributed by atoms with Gasteiger partial charge in [0.05, 0.1) is 12.6 Å². The number of aliphatic hydroxyl groups excluding tert-OH is 1. The van der Waals surface area contributed by atoms with Crippen molar-refractivity contribution in [2.24, 2.45) is 0 Å². The first-order valence-corrected chi connectivity index (χ1v) is 5.08. The molecule has 1 aromatic carbocycles. The highest BCUT2D eigenvalue weighted by Gasteiger charge is 2.06. The molecule has 82 valence electrons. The fourth-order valence-electron chi connectivity index (χ4n) is 1.48. The molecule has 0 amide bonds. The van der Waals surface area contributed by atoms with Crippen molar-refractivity contribution in [2.75, 3.05) is 13.6 Å². The van der Waals surface area contributed by atoms with Gasteiger partial charge < -0.3 is 10.4 Å². The second-order valence-corrected chi connectivity index (χ2v) is 3.71. The number of ketones is 1. The molecule has 0 aliphatic rings. The van der Waals surface area contributed by atoms with Crippen LogP contribution in [-0.4, -0.2) is 30.6 Å². The fourth-order valence-corrected chi connectivity index (χ4v) is 1.48. The predicted molar refractivity (Wildman–Crippen MR) is 60.1 cm³/mol. The molecular formula is C12H17NO2. The number of nitrogens with one attached hydrogen (secondary N) is 1. The molecule has 1 unspecified atom stereocenters. The van der Waals surface area contributed by atoms with Gasteiger partial charge in [0, 0.05) is 5.56 Å². The van der Waals surface area contributed by atoms with E-state index in [9.17, 15) is 9.90 Å². The van der Waals surface area contributed by atoms with Gasteiger partial charge in [-0.2, -0.15) is 0 Å². The van der Waals surface area contributed by atoms with Crippen molar-refractivity contribution in [1.82, 2.24) is 5.32 Å². The summed E-state index contributed by atoms with van der Waals surface area (Å²) in [6.45, 7) is 2.08. The van der Waals surface area contributed by atoms with Gasteiger partial charge in [-0.25, -0.2) is 0 Å². The Morgan fingerprint density at radius 2 is 2.27 bits per heavy atom. The summed E-state index contributed by atoms with van der Waals surface area (Å²) in [6.07, 6.45) is 0.209. The molecule has 0 aliphatic heterocycles. The van der Waals surface area contributed by atoms with E-state index >= 15 is 0 Å². The van der Waals surface area contributed by atoms with Gasteiger partial charge >= 0.3 is 0 Å². The van der Waals surface area contributed by atoms with Crippen LogP contribution in [0.1, 0.15) is 22.8 Å². The van der Waals surface area contributed by atoms with Gasteiger partial charge in [-0.15, -0.1) is 0 Å². The van der Waals surface area contributed by atoms with E-state index in [4.69, 9.17) is 0 Å². The van der Waals surface area contributed by atoms with Crippen LogP contribution in [0.25, 0.3) is 0 Å². The van der Waals surface area contributed by atoms with Gasteiger partial charge in [-0.05, 0) is 32.0 Å². The maximum atomic E-state index is 11.6. The molecule has 0 radical (unpaired) electrons. The largest absolute Gasteiger partial charge is 0.393 e. The van der Waals surface area contributed by atoms with E-state index in [1.54, 1.807) is 20.0 Å². The molecule has 1 rings (SSSR count). The number of Topliss-reactive ketones (excluding diaryl/α,β-unsaturated/α-hetero) is 1. The molecule has 0 aromatic heterocycles. The van der Waals surface area contributed by atoms with Crippen molar-refractivity contribution in [3.05, 3.63) is 35.4 Å². The summed E-state index contributed by atoms with van der Waals surface area (Å²) in [4.78, 5) is 11.6. The lowest BCUT2D eigenvalue weighted by Gasteiger charge is -2.06. The van der Waals surface area contributed by atoms with Gasteiger partial charge in [0.15, 0.2) is 5.78 Å². The Bertz CT molecular complexity index is 334. The van der Waals surface area contributed by atoms with Crippen LogP contribution >= 0.6 is 0 Å². The fraction of sp³-hybridized carbons (Fsp3) is 0.417. The quantitative estimate of drug-likeness (QED) is 0.708. The summed E-state index contributed by atoms with van der Waals surface area (Å²) in [5.74, 6) is 0.0740. The summed E-state index contributed by atoms with van der Waals surface area (Å²) in [6, 6.07) is 7.40. The third-order valence-electron chi connectivity index (χ3n) is 2.12. The Morgan fingerprint density at radius 1 is 1.53 bits per heavy atom. The molecule has 1 aromatic rings. The predicted octanol–water partition coefficient (Wildman–Crippen LogP) is 1.01. The molecule has 0 fully saturated rings. The van der Waals surface area contributed by atoms with Crippen molar-refractivity contribution in [1.29, 1.82) is 0 Å². The van der Waals surface area contributed by atoms with Crippen molar-refractivity contribution in [3.8, 4) is 0 Å². The minimum atomic E-state index is -0.375. The zero-order chi connectivity index (χ0) is 11.3. The summed E-state index contributed by atoms with van der Waals surface area (Å²) in [5.41, 5.74) is 1.69. The normalized spacial score (nSPS) is 12.5. The lowest BCUT2D eigenvalue weighted by atomic mass is 10.0. The molecule has 0 bridgehead atoms. The van der Waals surface area contributed by atoms with Crippen LogP contribution in [0.2, 0.25) is 0 Å². The van der Waals surface area contributed by atoms with Crippen molar-refractivity contribution in [3.63, 3.8) is 0 Å². The molecule has 0 spiro atoms. The third kappa shape index (κ3) is 3.81. The van der Waals surface area contributed by atoms with Gasteiger partial charge in [0.25, 0.3) is 0 Å². The molecule has 0 aliphatic carbocycles. The van der Waals surface area contributed by atoms with Crippen molar-refractivity contribution < 1.29 is 9.90 Å². The highest BCUT2D eigenvalue weighted by Crippen LogP contribution is 2.08. The summed E-state index contributed by atoms with van der Waals surface area (Å²) in [7, 11) is 1.75. The Balaban J connectivity index is 2.78. The number of carbonyl (C=O) groups is 1. The summed E-state index contributed by atoms with van der Waals surface area (Å²) < 4.78 is 0. The van der Waals surface area contributed by atoms with Crippen LogP contribution in [0.5, 0.6) is 0 Å². The van der Waals surface area contributed by atoms with Crippen LogP contribution in [0.15, 0.2) is 24.3 Å². The van der Waals surface area contributed by atoms with Crippen molar-refractivity contribution >= 4 is 5.78 Å². The molecule has 1 atom stereocenters. The number of likely N-dealkylation sites (N-methyl/N-ethyl adjacent to an activating group) is 1. The number of benzene rings is 1. The number of hydrogen-bond acceptors (Lipinski definition) is 3. The van der Waals surface area contributed by atoms with Crippen LogP contribution in [0.3, 0.4) is 0 Å². The average Bonchev–Trinajstić information content (AvgIpc) is 2.17. The number of aliphatic hydroxyl groups is 1. The Morgan fingerprint density at radius 3 is 2.87 bits per heavy atom. The molecule has 0 saturated heterocycles. The van der Waals surface area contributed by atoms with E-state index in [0.717, 1.165) is 5.56 Å². The minimum absolute atomic E-state index is 0.0740. The molecule has 0 heterocycles. The maximum Gasteiger partial charge on any atom is 0.176 e. The minimum Gasteiger partial charge on any atom is -0.393 e. The molecule has 3 nitrogen and oxygen atoms in total. The zero-order valence-electron chi connectivity index (χ0n) is 9.16. The van der Waals surface area contributed by atoms with Crippen LogP contribution < -0.4 is 5.32 Å². The Labute approximate surface area is 90.1 Å². The van der Waals surface area contributed by atoms with E-state index in [2.05, 4.69) is 5.32 Å². The summed E-state index contributed by atoms with van der Waals surface area (Å²) in [5, 5.41) is 12.1. The second kappa shape index (κ2) is 5.63. The molecular weight excluding hydrogens is 190 g/mol. The third-order valence-corrected chi connectivity index (χ3v) is 2.12. The maximum absolute atomic E-state index is 11.6. The average molecular weight is 207 g/mol. The van der Waals surface area contributed by atoms with Crippen molar-refractivity contribution in [2.45, 2.75) is 19.4 Å². The lowest BCUT2D eigenvalue weighted by Crippen LogP contribution is -2.18. The SMILES string of the molecule is CNCC(=O)c1cccc(CC(C)O)c1. The van der Waals surface area contributed by atoms with Gasteiger partial charge in [0.1, 0.15) is 0 Å². The van der Waals surface area contributed by atoms with Crippen LogP contribution in [0.4, 0.5) is 0 Å². The van der Waals surface area contributed by atoms with E-state index in [1.165, 1.54) is 0 Å². The standard InChI is InChI=1S/C12H17NO2/c1-9(14)6-10-4-3-5-11(7-10)12(15)8-13-2/h3-5,7,9,13-14H,6,8H2,1-2H3. The Hall–Kier alpha value is -1.19. The summed E-state index contributed by atoms with van der Waals surface area (Å²) >= 11 is 0. The first-order valence-electron chi connectivity index (χ1n) is 5.08. The van der Waals surface area contributed by atoms with Gasteiger partial charge in [-0.1, -0.05) is 18.2 Å². The smallest absolute Gasteiger partial charge is 0.176 e. The monoisotopic (exact) mass is 207 g/mol. The number of rotatable bonds is 5. The Kier molecular flexibility index (Phi) is 4.46. The van der Waals surface area contributed by atoms with Crippen LogP contribution in [-0.2, 0) is 6.42 Å². The topological polar surface area (TPSA) is 49.3 Å². The highest BCUT2D eigenvalue weighted by atomic mass is 16.3. The lowest BCUT2D eigenvalue weighted by molar-refractivity contribution is 0.0993. The van der Waals surface area contributed by atoms with E-state index in [0.29, 0.717) is 18.5 Å². The first-order chi connectivity index (χ1) is 7.13. The first kappa shape index (κ1) is 11.9. The van der Waals surface area contributed by atoms with Crippen LogP contribution in [0, 0.1) is 0 Å². The van der Waals surface area contributed by atoms with Gasteiger partial charge in [0.2, 0.25) is 0 Å². The van der Waals surface area contributed by atoms with E-state index in [-0.39, 0.29) is 11.9 Å². The van der Waals surface area contributed by atoms with E-state index < -0.39 is 0 Å². The van der Waals surface area contributed by atoms with E-state index in [1.807, 2.05) is 18.2 Å².